The van der Waals surface area contributed by atoms with Crippen LogP contribution in [0.3, 0.4) is 0 Å². The molecule has 2 unspecified atom stereocenters. The SMILES string of the molecule is CC1(C)CC2CC(C)(CN2C(=O)COC(=O)C2(c3ccc(F)cc3)CCCC2)C1. The van der Waals surface area contributed by atoms with E-state index in [1.807, 2.05) is 4.90 Å². The lowest BCUT2D eigenvalue weighted by Crippen LogP contribution is -2.42. The van der Waals surface area contributed by atoms with Gasteiger partial charge in [0.25, 0.3) is 5.91 Å². The van der Waals surface area contributed by atoms with Gasteiger partial charge in [0, 0.05) is 12.6 Å². The summed E-state index contributed by atoms with van der Waals surface area (Å²) in [7, 11) is 0. The summed E-state index contributed by atoms with van der Waals surface area (Å²) in [5.41, 5.74) is 0.440. The van der Waals surface area contributed by atoms with E-state index in [0.717, 1.165) is 44.2 Å². The molecular formula is C24H32FNO3. The van der Waals surface area contributed by atoms with Gasteiger partial charge in [0.2, 0.25) is 0 Å². The summed E-state index contributed by atoms with van der Waals surface area (Å²) < 4.78 is 19.0. The Morgan fingerprint density at radius 1 is 1.10 bits per heavy atom. The minimum Gasteiger partial charge on any atom is -0.455 e. The fraction of sp³-hybridized carbons (Fsp3) is 0.667. The number of ether oxygens (including phenoxy) is 1. The first-order valence-electron chi connectivity index (χ1n) is 10.9. The molecule has 3 aliphatic rings. The van der Waals surface area contributed by atoms with Crippen LogP contribution in [0.15, 0.2) is 24.3 Å². The maximum atomic E-state index is 13.4. The van der Waals surface area contributed by atoms with Crippen molar-refractivity contribution in [2.75, 3.05) is 13.2 Å². The van der Waals surface area contributed by atoms with Gasteiger partial charge >= 0.3 is 5.97 Å². The topological polar surface area (TPSA) is 46.6 Å². The molecule has 1 aliphatic heterocycles. The molecule has 4 nitrogen and oxygen atoms in total. The molecule has 5 heteroatoms. The highest BCUT2D eigenvalue weighted by atomic mass is 19.1. The molecule has 2 bridgehead atoms. The predicted molar refractivity (Wildman–Crippen MR) is 109 cm³/mol. The molecule has 1 heterocycles. The summed E-state index contributed by atoms with van der Waals surface area (Å²) in [6.07, 6.45) is 6.39. The van der Waals surface area contributed by atoms with Gasteiger partial charge < -0.3 is 9.64 Å². The van der Waals surface area contributed by atoms with E-state index in [4.69, 9.17) is 4.74 Å². The van der Waals surface area contributed by atoms with E-state index >= 15 is 0 Å². The number of carbonyl (C=O) groups excluding carboxylic acids is 2. The number of nitrogens with zero attached hydrogens (tertiary/aromatic N) is 1. The quantitative estimate of drug-likeness (QED) is 0.693. The lowest BCUT2D eigenvalue weighted by molar-refractivity contribution is -0.157. The van der Waals surface area contributed by atoms with E-state index in [0.29, 0.717) is 12.8 Å². The normalized spacial score (nSPS) is 29.7. The Bertz CT molecular complexity index is 797. The summed E-state index contributed by atoms with van der Waals surface area (Å²) in [5, 5.41) is 0. The van der Waals surface area contributed by atoms with Crippen molar-refractivity contribution in [3.05, 3.63) is 35.6 Å². The van der Waals surface area contributed by atoms with Crippen molar-refractivity contribution < 1.29 is 18.7 Å². The second-order valence-electron chi connectivity index (χ2n) is 10.6. The summed E-state index contributed by atoms with van der Waals surface area (Å²) in [5.74, 6) is -0.747. The monoisotopic (exact) mass is 401 g/mol. The van der Waals surface area contributed by atoms with E-state index in [1.54, 1.807) is 12.1 Å². The van der Waals surface area contributed by atoms with Crippen LogP contribution in [0.5, 0.6) is 0 Å². The summed E-state index contributed by atoms with van der Waals surface area (Å²) in [4.78, 5) is 28.0. The molecule has 0 N–H and O–H groups in total. The molecule has 1 amide bonds. The van der Waals surface area contributed by atoms with Crippen molar-refractivity contribution in [2.45, 2.75) is 77.2 Å². The third-order valence-electron chi connectivity index (χ3n) is 7.31. The Hall–Kier alpha value is -1.91. The Labute approximate surface area is 172 Å². The average Bonchev–Trinajstić information content (AvgIpc) is 3.22. The van der Waals surface area contributed by atoms with Crippen LogP contribution in [0.25, 0.3) is 0 Å². The molecule has 4 rings (SSSR count). The van der Waals surface area contributed by atoms with Crippen molar-refractivity contribution >= 4 is 11.9 Å². The van der Waals surface area contributed by atoms with Gasteiger partial charge in [0.05, 0.1) is 5.41 Å². The zero-order valence-corrected chi connectivity index (χ0v) is 17.8. The third-order valence-corrected chi connectivity index (χ3v) is 7.31. The second kappa shape index (κ2) is 7.10. The molecule has 158 valence electrons. The lowest BCUT2D eigenvalue weighted by Gasteiger charge is -2.39. The van der Waals surface area contributed by atoms with Gasteiger partial charge in [0.15, 0.2) is 6.61 Å². The van der Waals surface area contributed by atoms with Crippen LogP contribution in [-0.2, 0) is 19.7 Å². The van der Waals surface area contributed by atoms with Gasteiger partial charge in [-0.25, -0.2) is 4.39 Å². The first-order valence-corrected chi connectivity index (χ1v) is 10.9. The maximum Gasteiger partial charge on any atom is 0.317 e. The number of amides is 1. The Kier molecular flexibility index (Phi) is 4.99. The second-order valence-corrected chi connectivity index (χ2v) is 10.6. The highest BCUT2D eigenvalue weighted by molar-refractivity contribution is 5.87. The number of halogens is 1. The van der Waals surface area contributed by atoms with Crippen LogP contribution < -0.4 is 0 Å². The molecule has 1 aromatic carbocycles. The van der Waals surface area contributed by atoms with Gasteiger partial charge in [-0.2, -0.15) is 0 Å². The molecule has 29 heavy (non-hydrogen) atoms. The molecular weight excluding hydrogens is 369 g/mol. The number of likely N-dealkylation sites (tertiary alicyclic amines) is 1. The average molecular weight is 402 g/mol. The number of fused-ring (bicyclic) bond motifs is 2. The van der Waals surface area contributed by atoms with E-state index in [-0.39, 0.29) is 41.2 Å². The van der Waals surface area contributed by atoms with Crippen LogP contribution in [0.4, 0.5) is 4.39 Å². The number of rotatable bonds is 4. The van der Waals surface area contributed by atoms with Crippen LogP contribution >= 0.6 is 0 Å². The molecule has 1 aromatic rings. The van der Waals surface area contributed by atoms with E-state index in [2.05, 4.69) is 20.8 Å². The van der Waals surface area contributed by atoms with Crippen LogP contribution in [0.1, 0.15) is 71.3 Å². The number of carbonyl (C=O) groups is 2. The van der Waals surface area contributed by atoms with Crippen molar-refractivity contribution in [1.82, 2.24) is 4.90 Å². The number of hydrogen-bond donors (Lipinski definition) is 0. The van der Waals surface area contributed by atoms with Crippen LogP contribution in [-0.4, -0.2) is 36.0 Å². The molecule has 0 radical (unpaired) electrons. The minimum atomic E-state index is -0.747. The van der Waals surface area contributed by atoms with Gasteiger partial charge in [-0.05, 0) is 60.6 Å². The molecule has 3 fully saturated rings. The Morgan fingerprint density at radius 2 is 1.76 bits per heavy atom. The number of hydrogen-bond acceptors (Lipinski definition) is 3. The number of esters is 1. The first kappa shape index (κ1) is 20.4. The zero-order chi connectivity index (χ0) is 20.9. The molecule has 0 aromatic heterocycles. The van der Waals surface area contributed by atoms with Gasteiger partial charge in [-0.1, -0.05) is 45.7 Å². The Morgan fingerprint density at radius 3 is 2.41 bits per heavy atom. The maximum absolute atomic E-state index is 13.4. The minimum absolute atomic E-state index is 0.0861. The predicted octanol–water partition coefficient (Wildman–Crippen LogP) is 4.61. The van der Waals surface area contributed by atoms with E-state index in [1.165, 1.54) is 12.1 Å². The zero-order valence-electron chi connectivity index (χ0n) is 17.8. The third kappa shape index (κ3) is 3.80. The molecule has 1 saturated heterocycles. The van der Waals surface area contributed by atoms with Crippen LogP contribution in [0.2, 0.25) is 0 Å². The fourth-order valence-electron chi connectivity index (χ4n) is 6.46. The van der Waals surface area contributed by atoms with Gasteiger partial charge in [0.1, 0.15) is 5.82 Å². The smallest absolute Gasteiger partial charge is 0.317 e. The van der Waals surface area contributed by atoms with Crippen molar-refractivity contribution in [3.63, 3.8) is 0 Å². The summed E-state index contributed by atoms with van der Waals surface area (Å²) in [6, 6.07) is 6.38. The largest absolute Gasteiger partial charge is 0.455 e. The molecule has 0 spiro atoms. The number of benzene rings is 1. The Balaban J connectivity index is 1.44. The highest BCUT2D eigenvalue weighted by Gasteiger charge is 2.51. The standard InChI is InChI=1S/C24H32FNO3/c1-22(2)12-19-13-23(3,15-22)16-26(19)20(27)14-29-21(28)24(10-4-5-11-24)17-6-8-18(25)9-7-17/h6-9,19H,4-5,10-16H2,1-3H3. The lowest BCUT2D eigenvalue weighted by atomic mass is 9.65. The van der Waals surface area contributed by atoms with E-state index < -0.39 is 5.41 Å². The van der Waals surface area contributed by atoms with Crippen molar-refractivity contribution in [2.24, 2.45) is 10.8 Å². The summed E-state index contributed by atoms with van der Waals surface area (Å²) >= 11 is 0. The first-order chi connectivity index (χ1) is 13.6. The fourth-order valence-corrected chi connectivity index (χ4v) is 6.46. The van der Waals surface area contributed by atoms with Crippen LogP contribution in [0, 0.1) is 16.6 Å². The van der Waals surface area contributed by atoms with E-state index in [9.17, 15) is 14.0 Å². The molecule has 2 atom stereocenters. The van der Waals surface area contributed by atoms with Crippen molar-refractivity contribution in [1.29, 1.82) is 0 Å². The highest BCUT2D eigenvalue weighted by Crippen LogP contribution is 2.52. The molecule has 2 saturated carbocycles. The van der Waals surface area contributed by atoms with Gasteiger partial charge in [-0.15, -0.1) is 0 Å². The molecule has 2 aliphatic carbocycles. The summed E-state index contributed by atoms with van der Waals surface area (Å²) in [6.45, 7) is 7.37. The van der Waals surface area contributed by atoms with Gasteiger partial charge in [-0.3, -0.25) is 9.59 Å². The van der Waals surface area contributed by atoms with Crippen molar-refractivity contribution in [3.8, 4) is 0 Å².